The van der Waals surface area contributed by atoms with E-state index >= 15 is 0 Å². The zero-order valence-electron chi connectivity index (χ0n) is 12.1. The third-order valence-electron chi connectivity index (χ3n) is 2.94. The Morgan fingerprint density at radius 3 is 2.90 bits per heavy atom. The molecule has 0 atom stereocenters. The number of hydrazine groups is 1. The van der Waals surface area contributed by atoms with E-state index < -0.39 is 0 Å². The van der Waals surface area contributed by atoms with E-state index in [1.54, 1.807) is 6.20 Å². The summed E-state index contributed by atoms with van der Waals surface area (Å²) < 4.78 is 7.93. The SMILES string of the molecule is CN(C)NCc1ccccc1OCCCn1ccnc1. The fourth-order valence-corrected chi connectivity index (χ4v) is 1.88. The van der Waals surface area contributed by atoms with Crippen LogP contribution in [-0.2, 0) is 13.1 Å². The van der Waals surface area contributed by atoms with Crippen LogP contribution in [0.5, 0.6) is 5.75 Å². The second-order valence-corrected chi connectivity index (χ2v) is 4.84. The lowest BCUT2D eigenvalue weighted by molar-refractivity contribution is 0.273. The molecule has 0 bridgehead atoms. The van der Waals surface area contributed by atoms with Gasteiger partial charge in [-0.05, 0) is 12.5 Å². The Morgan fingerprint density at radius 1 is 1.30 bits per heavy atom. The minimum Gasteiger partial charge on any atom is -0.493 e. The number of rotatable bonds is 8. The van der Waals surface area contributed by atoms with Gasteiger partial charge in [0.15, 0.2) is 0 Å². The van der Waals surface area contributed by atoms with Crippen LogP contribution in [0.1, 0.15) is 12.0 Å². The van der Waals surface area contributed by atoms with Crippen LogP contribution in [0.25, 0.3) is 0 Å². The summed E-state index contributed by atoms with van der Waals surface area (Å²) in [5.74, 6) is 0.951. The van der Waals surface area contributed by atoms with Gasteiger partial charge in [-0.2, -0.15) is 0 Å². The van der Waals surface area contributed by atoms with Crippen molar-refractivity contribution >= 4 is 0 Å². The molecule has 5 heteroatoms. The Bertz CT molecular complexity index is 496. The highest BCUT2D eigenvalue weighted by atomic mass is 16.5. The number of ether oxygens (including phenoxy) is 1. The molecular formula is C15H22N4O. The zero-order chi connectivity index (χ0) is 14.2. The summed E-state index contributed by atoms with van der Waals surface area (Å²) in [5.41, 5.74) is 4.43. The minimum atomic E-state index is 0.706. The molecule has 2 aromatic rings. The van der Waals surface area contributed by atoms with Crippen molar-refractivity contribution in [1.82, 2.24) is 20.0 Å². The number of nitrogens with one attached hydrogen (secondary N) is 1. The average molecular weight is 274 g/mol. The largest absolute Gasteiger partial charge is 0.493 e. The van der Waals surface area contributed by atoms with E-state index in [1.807, 2.05) is 49.8 Å². The van der Waals surface area contributed by atoms with E-state index in [0.717, 1.165) is 25.3 Å². The molecule has 0 saturated carbocycles. The lowest BCUT2D eigenvalue weighted by Crippen LogP contribution is -2.29. The fourth-order valence-electron chi connectivity index (χ4n) is 1.88. The highest BCUT2D eigenvalue weighted by Gasteiger charge is 2.03. The van der Waals surface area contributed by atoms with Crippen LogP contribution in [0.15, 0.2) is 43.0 Å². The minimum absolute atomic E-state index is 0.706. The molecular weight excluding hydrogens is 252 g/mol. The number of nitrogens with zero attached hydrogens (tertiary/aromatic N) is 3. The maximum absolute atomic E-state index is 5.88. The Kier molecular flexibility index (Phi) is 5.58. The van der Waals surface area contributed by atoms with E-state index in [0.29, 0.717) is 6.61 Å². The lowest BCUT2D eigenvalue weighted by Gasteiger charge is -2.15. The summed E-state index contributed by atoms with van der Waals surface area (Å²) in [6.07, 6.45) is 6.55. The molecule has 20 heavy (non-hydrogen) atoms. The average Bonchev–Trinajstić information content (AvgIpc) is 2.95. The zero-order valence-corrected chi connectivity index (χ0v) is 12.1. The molecule has 5 nitrogen and oxygen atoms in total. The molecule has 0 aliphatic heterocycles. The van der Waals surface area contributed by atoms with Gasteiger partial charge in [-0.1, -0.05) is 18.2 Å². The number of hydrogen-bond acceptors (Lipinski definition) is 4. The van der Waals surface area contributed by atoms with Crippen LogP contribution < -0.4 is 10.2 Å². The highest BCUT2D eigenvalue weighted by molar-refractivity contribution is 5.33. The van der Waals surface area contributed by atoms with Crippen molar-refractivity contribution < 1.29 is 4.74 Å². The first-order valence-electron chi connectivity index (χ1n) is 6.83. The summed E-state index contributed by atoms with van der Waals surface area (Å²) >= 11 is 0. The van der Waals surface area contributed by atoms with E-state index in [4.69, 9.17) is 4.74 Å². The summed E-state index contributed by atoms with van der Waals surface area (Å²) in [6.45, 7) is 2.40. The summed E-state index contributed by atoms with van der Waals surface area (Å²) in [7, 11) is 3.96. The molecule has 1 aromatic carbocycles. The number of aryl methyl sites for hydroxylation is 1. The molecule has 108 valence electrons. The van der Waals surface area contributed by atoms with Gasteiger partial charge in [-0.25, -0.2) is 4.98 Å². The molecule has 0 unspecified atom stereocenters. The van der Waals surface area contributed by atoms with Crippen molar-refractivity contribution in [2.45, 2.75) is 19.5 Å². The van der Waals surface area contributed by atoms with Gasteiger partial charge in [0.05, 0.1) is 12.9 Å². The lowest BCUT2D eigenvalue weighted by atomic mass is 10.2. The number of aromatic nitrogens is 2. The van der Waals surface area contributed by atoms with Gasteiger partial charge >= 0.3 is 0 Å². The van der Waals surface area contributed by atoms with Crippen LogP contribution in [0, 0.1) is 0 Å². The number of imidazole rings is 1. The third kappa shape index (κ3) is 4.68. The maximum atomic E-state index is 5.88. The quantitative estimate of drug-likeness (QED) is 0.590. The van der Waals surface area contributed by atoms with Crippen LogP contribution in [-0.4, -0.2) is 35.3 Å². The fraction of sp³-hybridized carbons (Fsp3) is 0.400. The van der Waals surface area contributed by atoms with Gasteiger partial charge in [0.1, 0.15) is 5.75 Å². The molecule has 0 fully saturated rings. The Morgan fingerprint density at radius 2 is 2.15 bits per heavy atom. The Balaban J connectivity index is 1.79. The van der Waals surface area contributed by atoms with E-state index in [2.05, 4.69) is 21.0 Å². The molecule has 0 radical (unpaired) electrons. The first-order chi connectivity index (χ1) is 9.75. The molecule has 1 N–H and O–H groups in total. The van der Waals surface area contributed by atoms with Gasteiger partial charge in [0.25, 0.3) is 0 Å². The van der Waals surface area contributed by atoms with Crippen LogP contribution in [0.3, 0.4) is 0 Å². The highest BCUT2D eigenvalue weighted by Crippen LogP contribution is 2.17. The molecule has 1 heterocycles. The molecule has 0 aliphatic rings. The predicted octanol–water partition coefficient (Wildman–Crippen LogP) is 1.92. The second kappa shape index (κ2) is 7.67. The van der Waals surface area contributed by atoms with Gasteiger partial charge in [0.2, 0.25) is 0 Å². The first kappa shape index (κ1) is 14.6. The van der Waals surface area contributed by atoms with E-state index in [1.165, 1.54) is 5.56 Å². The maximum Gasteiger partial charge on any atom is 0.123 e. The van der Waals surface area contributed by atoms with Crippen LogP contribution >= 0.6 is 0 Å². The van der Waals surface area contributed by atoms with Crippen molar-refractivity contribution in [3.8, 4) is 5.75 Å². The number of benzene rings is 1. The second-order valence-electron chi connectivity index (χ2n) is 4.84. The summed E-state index contributed by atoms with van der Waals surface area (Å²) in [5, 5.41) is 1.94. The predicted molar refractivity (Wildman–Crippen MR) is 79.3 cm³/mol. The van der Waals surface area contributed by atoms with Crippen molar-refractivity contribution in [1.29, 1.82) is 0 Å². The van der Waals surface area contributed by atoms with Crippen molar-refractivity contribution in [2.24, 2.45) is 0 Å². The van der Waals surface area contributed by atoms with Crippen molar-refractivity contribution in [3.63, 3.8) is 0 Å². The normalized spacial score (nSPS) is 10.9. The van der Waals surface area contributed by atoms with E-state index in [-0.39, 0.29) is 0 Å². The topological polar surface area (TPSA) is 42.3 Å². The smallest absolute Gasteiger partial charge is 0.123 e. The van der Waals surface area contributed by atoms with Gasteiger partial charge in [-0.15, -0.1) is 0 Å². The molecule has 0 spiro atoms. The molecule has 2 rings (SSSR count). The van der Waals surface area contributed by atoms with Gasteiger partial charge in [0, 0.05) is 45.1 Å². The summed E-state index contributed by atoms with van der Waals surface area (Å²) in [4.78, 5) is 4.02. The Hall–Kier alpha value is -1.85. The van der Waals surface area contributed by atoms with Crippen LogP contribution in [0.2, 0.25) is 0 Å². The Labute approximate surface area is 120 Å². The number of para-hydroxylation sites is 1. The van der Waals surface area contributed by atoms with Crippen LogP contribution in [0.4, 0.5) is 0 Å². The van der Waals surface area contributed by atoms with Gasteiger partial charge < -0.3 is 9.30 Å². The molecule has 1 aromatic heterocycles. The van der Waals surface area contributed by atoms with Crippen molar-refractivity contribution in [3.05, 3.63) is 48.5 Å². The van der Waals surface area contributed by atoms with Gasteiger partial charge in [-0.3, -0.25) is 10.4 Å². The monoisotopic (exact) mass is 274 g/mol. The molecule has 0 aliphatic carbocycles. The van der Waals surface area contributed by atoms with Crippen molar-refractivity contribution in [2.75, 3.05) is 20.7 Å². The third-order valence-corrected chi connectivity index (χ3v) is 2.94. The molecule has 0 amide bonds. The summed E-state index contributed by atoms with van der Waals surface area (Å²) in [6, 6.07) is 8.14. The number of hydrogen-bond donors (Lipinski definition) is 1. The first-order valence-corrected chi connectivity index (χ1v) is 6.83. The van der Waals surface area contributed by atoms with E-state index in [9.17, 15) is 0 Å². The standard InChI is InChI=1S/C15H22N4O/c1-18(2)17-12-14-6-3-4-7-15(14)20-11-5-9-19-10-8-16-13-19/h3-4,6-8,10,13,17H,5,9,11-12H2,1-2H3. The molecule has 0 saturated heterocycles.